The molecule has 1 aliphatic heterocycles. The summed E-state index contributed by atoms with van der Waals surface area (Å²) in [6, 6.07) is 5.52. The van der Waals surface area contributed by atoms with Gasteiger partial charge in [-0.15, -0.1) is 10.2 Å². The monoisotopic (exact) mass is 361 g/mol. The van der Waals surface area contributed by atoms with Crippen molar-refractivity contribution in [3.05, 3.63) is 23.2 Å². The summed E-state index contributed by atoms with van der Waals surface area (Å²) >= 11 is 1.41. The van der Waals surface area contributed by atoms with Crippen molar-refractivity contribution in [1.82, 2.24) is 10.2 Å². The van der Waals surface area contributed by atoms with Gasteiger partial charge in [-0.1, -0.05) is 32.1 Å². The van der Waals surface area contributed by atoms with Gasteiger partial charge in [0.15, 0.2) is 0 Å². The number of nitrogen functional groups attached to an aromatic ring is 1. The topological polar surface area (TPSA) is 93.4 Å². The molecule has 1 amide bonds. The number of carbonyl (C=O) groups excluding carboxylic acids is 1. The number of benzene rings is 1. The molecule has 0 saturated heterocycles. The van der Waals surface area contributed by atoms with E-state index in [2.05, 4.69) is 22.4 Å². The van der Waals surface area contributed by atoms with Crippen molar-refractivity contribution in [3.8, 4) is 5.75 Å². The predicted octanol–water partition coefficient (Wildman–Crippen LogP) is 2.86. The van der Waals surface area contributed by atoms with E-state index in [0.717, 1.165) is 22.9 Å². The van der Waals surface area contributed by atoms with Gasteiger partial charge in [-0.2, -0.15) is 0 Å². The van der Waals surface area contributed by atoms with Gasteiger partial charge in [0.25, 0.3) is 0 Å². The van der Waals surface area contributed by atoms with Crippen LogP contribution in [-0.2, 0) is 4.79 Å². The molecule has 2 heterocycles. The quantitative estimate of drug-likeness (QED) is 0.796. The molecule has 1 atom stereocenters. The normalized spacial score (nSPS) is 16.5. The fraction of sp³-hybridized carbons (Fsp3) is 0.471. The zero-order chi connectivity index (χ0) is 18.0. The van der Waals surface area contributed by atoms with Crippen molar-refractivity contribution in [2.45, 2.75) is 39.2 Å². The van der Waals surface area contributed by atoms with Crippen LogP contribution in [0.3, 0.4) is 0 Å². The van der Waals surface area contributed by atoms with Gasteiger partial charge in [-0.25, -0.2) is 0 Å². The van der Waals surface area contributed by atoms with E-state index in [1.807, 2.05) is 36.9 Å². The summed E-state index contributed by atoms with van der Waals surface area (Å²) in [5.74, 6) is 0.903. The molecule has 7 nitrogen and oxygen atoms in total. The van der Waals surface area contributed by atoms with Crippen molar-refractivity contribution in [3.63, 3.8) is 0 Å². The third kappa shape index (κ3) is 4.01. The Bertz CT molecular complexity index is 761. The third-order valence-electron chi connectivity index (χ3n) is 4.01. The molecular weight excluding hydrogens is 338 g/mol. The number of anilines is 3. The van der Waals surface area contributed by atoms with Crippen LogP contribution in [0.2, 0.25) is 0 Å². The first-order valence-corrected chi connectivity index (χ1v) is 9.22. The molecule has 1 unspecified atom stereocenters. The molecule has 0 aliphatic carbocycles. The van der Waals surface area contributed by atoms with E-state index in [0.29, 0.717) is 23.3 Å². The number of ether oxygens (including phenoxy) is 1. The largest absolute Gasteiger partial charge is 0.486 e. The highest BCUT2D eigenvalue weighted by atomic mass is 32.1. The third-order valence-corrected chi connectivity index (χ3v) is 5.15. The number of aromatic nitrogens is 2. The first kappa shape index (κ1) is 17.5. The number of nitrogens with zero attached hydrogens (tertiary/aromatic N) is 3. The highest BCUT2D eigenvalue weighted by Gasteiger charge is 2.26. The smallest absolute Gasteiger partial charge is 0.245 e. The predicted molar refractivity (Wildman–Crippen MR) is 100 cm³/mol. The van der Waals surface area contributed by atoms with E-state index in [9.17, 15) is 4.79 Å². The van der Waals surface area contributed by atoms with Crippen molar-refractivity contribution >= 4 is 33.8 Å². The number of nitrogens with one attached hydrogen (secondary N) is 1. The van der Waals surface area contributed by atoms with Crippen LogP contribution in [0.25, 0.3) is 0 Å². The van der Waals surface area contributed by atoms with E-state index in [-0.39, 0.29) is 18.6 Å². The lowest BCUT2D eigenvalue weighted by Crippen LogP contribution is -2.43. The van der Waals surface area contributed by atoms with E-state index in [4.69, 9.17) is 10.5 Å². The number of fused-ring (bicyclic) bond motifs is 1. The van der Waals surface area contributed by atoms with Crippen molar-refractivity contribution < 1.29 is 9.53 Å². The number of amides is 1. The first-order chi connectivity index (χ1) is 12.0. The molecule has 8 heteroatoms. The van der Waals surface area contributed by atoms with Gasteiger partial charge < -0.3 is 15.4 Å². The maximum Gasteiger partial charge on any atom is 0.245 e. The Morgan fingerprint density at radius 3 is 2.96 bits per heavy atom. The summed E-state index contributed by atoms with van der Waals surface area (Å²) in [5.41, 5.74) is 7.38. The van der Waals surface area contributed by atoms with E-state index in [1.165, 1.54) is 11.3 Å². The Morgan fingerprint density at radius 2 is 2.28 bits per heavy atom. The average Bonchev–Trinajstić information content (AvgIpc) is 3.02. The Kier molecular flexibility index (Phi) is 5.08. The number of carbonyl (C=O) groups is 1. The Balaban J connectivity index is 1.71. The van der Waals surface area contributed by atoms with Gasteiger partial charge in [-0.05, 0) is 18.6 Å². The second-order valence-electron chi connectivity index (χ2n) is 6.40. The summed E-state index contributed by atoms with van der Waals surface area (Å²) in [4.78, 5) is 14.5. The fourth-order valence-electron chi connectivity index (χ4n) is 2.66. The fourth-order valence-corrected chi connectivity index (χ4v) is 3.42. The molecule has 0 spiro atoms. The molecule has 0 fully saturated rings. The molecule has 134 valence electrons. The van der Waals surface area contributed by atoms with Crippen LogP contribution >= 0.6 is 11.3 Å². The minimum Gasteiger partial charge on any atom is -0.486 e. The van der Waals surface area contributed by atoms with Crippen LogP contribution in [0, 0.1) is 0 Å². The molecule has 0 saturated carbocycles. The second kappa shape index (κ2) is 7.26. The lowest BCUT2D eigenvalue weighted by molar-refractivity contribution is -0.115. The van der Waals surface area contributed by atoms with Crippen molar-refractivity contribution in [2.75, 3.05) is 29.0 Å². The highest BCUT2D eigenvalue weighted by molar-refractivity contribution is 7.15. The molecule has 3 N–H and O–H groups in total. The lowest BCUT2D eigenvalue weighted by atomic mass is 10.1. The summed E-state index contributed by atoms with van der Waals surface area (Å²) in [6.45, 7) is 7.05. The van der Waals surface area contributed by atoms with Gasteiger partial charge in [0.2, 0.25) is 11.0 Å². The van der Waals surface area contributed by atoms with Gasteiger partial charge in [-0.3, -0.25) is 10.1 Å². The van der Waals surface area contributed by atoms with Gasteiger partial charge in [0.05, 0.1) is 18.8 Å². The number of rotatable bonds is 5. The average molecular weight is 361 g/mol. The van der Waals surface area contributed by atoms with Crippen LogP contribution in [0.1, 0.15) is 38.1 Å². The minimum atomic E-state index is -0.119. The Morgan fingerprint density at radius 1 is 1.48 bits per heavy atom. The van der Waals surface area contributed by atoms with E-state index < -0.39 is 0 Å². The van der Waals surface area contributed by atoms with Crippen molar-refractivity contribution in [2.24, 2.45) is 0 Å². The molecule has 1 aliphatic rings. The first-order valence-electron chi connectivity index (χ1n) is 8.40. The van der Waals surface area contributed by atoms with E-state index >= 15 is 0 Å². The summed E-state index contributed by atoms with van der Waals surface area (Å²) in [6.07, 6.45) is 0.900. The van der Waals surface area contributed by atoms with Crippen LogP contribution in [-0.4, -0.2) is 35.3 Å². The molecule has 1 aromatic heterocycles. The second-order valence-corrected chi connectivity index (χ2v) is 7.41. The van der Waals surface area contributed by atoms with Crippen LogP contribution in [0.5, 0.6) is 5.75 Å². The standard InChI is InChI=1S/C17H23N5O2S/c1-4-12-8-22(13-6-5-11(18)7-14(13)24-12)9-15(23)19-17-21-20-16(25-17)10(2)3/h5-7,10,12H,4,8-9,18H2,1-3H3,(H,19,21,23). The Labute approximate surface area is 151 Å². The van der Waals surface area contributed by atoms with Crippen LogP contribution in [0.15, 0.2) is 18.2 Å². The molecule has 0 bridgehead atoms. The number of hydrogen-bond acceptors (Lipinski definition) is 7. The summed E-state index contributed by atoms with van der Waals surface area (Å²) in [7, 11) is 0. The van der Waals surface area contributed by atoms with Gasteiger partial charge in [0.1, 0.15) is 16.9 Å². The zero-order valence-electron chi connectivity index (χ0n) is 14.7. The van der Waals surface area contributed by atoms with Crippen LogP contribution in [0.4, 0.5) is 16.5 Å². The number of hydrogen-bond donors (Lipinski definition) is 2. The molecule has 3 rings (SSSR count). The SMILES string of the molecule is CCC1CN(CC(=O)Nc2nnc(C(C)C)s2)c2ccc(N)cc2O1. The zero-order valence-corrected chi connectivity index (χ0v) is 15.5. The molecule has 25 heavy (non-hydrogen) atoms. The van der Waals surface area contributed by atoms with Gasteiger partial charge >= 0.3 is 0 Å². The van der Waals surface area contributed by atoms with Gasteiger partial charge in [0, 0.05) is 17.7 Å². The molecule has 0 radical (unpaired) electrons. The maximum absolute atomic E-state index is 12.5. The van der Waals surface area contributed by atoms with Crippen molar-refractivity contribution in [1.29, 1.82) is 0 Å². The Hall–Kier alpha value is -2.35. The molecule has 2 aromatic rings. The lowest BCUT2D eigenvalue weighted by Gasteiger charge is -2.35. The number of nitrogens with two attached hydrogens (primary N) is 1. The minimum absolute atomic E-state index is 0.0381. The maximum atomic E-state index is 12.5. The molecule has 1 aromatic carbocycles. The summed E-state index contributed by atoms with van der Waals surface area (Å²) in [5, 5.41) is 12.4. The molecular formula is C17H23N5O2S. The highest BCUT2D eigenvalue weighted by Crippen LogP contribution is 2.35. The van der Waals surface area contributed by atoms with E-state index in [1.54, 1.807) is 0 Å². The summed E-state index contributed by atoms with van der Waals surface area (Å²) < 4.78 is 5.95. The van der Waals surface area contributed by atoms with Crippen LogP contribution < -0.4 is 20.7 Å².